The lowest BCUT2D eigenvalue weighted by Crippen LogP contribution is -2.16. The Morgan fingerprint density at radius 1 is 1.08 bits per heavy atom. The molecule has 1 aromatic carbocycles. The lowest BCUT2D eigenvalue weighted by atomic mass is 10.1. The van der Waals surface area contributed by atoms with Crippen molar-refractivity contribution < 1.29 is 4.79 Å². The van der Waals surface area contributed by atoms with E-state index in [1.54, 1.807) is 18.6 Å². The highest BCUT2D eigenvalue weighted by atomic mass is 16.1. The summed E-state index contributed by atoms with van der Waals surface area (Å²) < 4.78 is 0. The van der Waals surface area contributed by atoms with E-state index >= 15 is 0 Å². The SMILES string of the molecule is CCc1cccc(C)c1NC(=O)c1cnc(NCc2cccnc2)cn1. The number of carbonyl (C=O) groups is 1. The third-order valence-corrected chi connectivity index (χ3v) is 4.06. The highest BCUT2D eigenvalue weighted by molar-refractivity contribution is 6.03. The molecule has 132 valence electrons. The summed E-state index contributed by atoms with van der Waals surface area (Å²) in [6.07, 6.45) is 7.40. The fourth-order valence-electron chi connectivity index (χ4n) is 2.61. The molecule has 0 atom stereocenters. The zero-order chi connectivity index (χ0) is 18.4. The van der Waals surface area contributed by atoms with Gasteiger partial charge in [-0.2, -0.15) is 0 Å². The van der Waals surface area contributed by atoms with Gasteiger partial charge in [0, 0.05) is 24.6 Å². The summed E-state index contributed by atoms with van der Waals surface area (Å²) in [5, 5.41) is 6.11. The normalized spacial score (nSPS) is 10.4. The van der Waals surface area contributed by atoms with E-state index < -0.39 is 0 Å². The minimum absolute atomic E-state index is 0.264. The van der Waals surface area contributed by atoms with E-state index in [1.165, 1.54) is 6.20 Å². The Kier molecular flexibility index (Phi) is 5.53. The molecule has 3 aromatic rings. The van der Waals surface area contributed by atoms with Gasteiger partial charge in [-0.25, -0.2) is 9.97 Å². The molecule has 0 bridgehead atoms. The number of aryl methyl sites for hydroxylation is 2. The third kappa shape index (κ3) is 4.22. The highest BCUT2D eigenvalue weighted by Crippen LogP contribution is 2.21. The summed E-state index contributed by atoms with van der Waals surface area (Å²) in [6.45, 7) is 4.63. The fourth-order valence-corrected chi connectivity index (χ4v) is 2.61. The molecule has 6 heteroatoms. The van der Waals surface area contributed by atoms with Crippen molar-refractivity contribution in [1.29, 1.82) is 0 Å². The molecule has 2 aromatic heterocycles. The van der Waals surface area contributed by atoms with Crippen molar-refractivity contribution in [3.8, 4) is 0 Å². The van der Waals surface area contributed by atoms with Crippen LogP contribution in [0.5, 0.6) is 0 Å². The van der Waals surface area contributed by atoms with E-state index in [1.807, 2.05) is 37.3 Å². The van der Waals surface area contributed by atoms with Gasteiger partial charge in [0.05, 0.1) is 12.4 Å². The van der Waals surface area contributed by atoms with Crippen LogP contribution in [0.2, 0.25) is 0 Å². The van der Waals surface area contributed by atoms with E-state index in [0.29, 0.717) is 12.4 Å². The molecule has 6 nitrogen and oxygen atoms in total. The Hall–Kier alpha value is -3.28. The molecule has 0 aliphatic heterocycles. The monoisotopic (exact) mass is 347 g/mol. The van der Waals surface area contributed by atoms with Crippen LogP contribution in [-0.2, 0) is 13.0 Å². The zero-order valence-corrected chi connectivity index (χ0v) is 14.9. The molecular weight excluding hydrogens is 326 g/mol. The number of aromatic nitrogens is 3. The van der Waals surface area contributed by atoms with Crippen LogP contribution in [0, 0.1) is 6.92 Å². The number of nitrogens with zero attached hydrogens (tertiary/aromatic N) is 3. The van der Waals surface area contributed by atoms with Crippen LogP contribution in [0.25, 0.3) is 0 Å². The fraction of sp³-hybridized carbons (Fsp3) is 0.200. The minimum atomic E-state index is -0.264. The van der Waals surface area contributed by atoms with Crippen LogP contribution in [0.4, 0.5) is 11.5 Å². The number of pyridine rings is 1. The Morgan fingerprint density at radius 3 is 2.65 bits per heavy atom. The first-order chi connectivity index (χ1) is 12.7. The maximum atomic E-state index is 12.5. The number of carbonyl (C=O) groups excluding carboxylic acids is 1. The van der Waals surface area contributed by atoms with Crippen molar-refractivity contribution in [3.05, 3.63) is 77.5 Å². The Labute approximate surface area is 152 Å². The van der Waals surface area contributed by atoms with Gasteiger partial charge in [0.1, 0.15) is 11.5 Å². The van der Waals surface area contributed by atoms with Gasteiger partial charge in [-0.1, -0.05) is 31.2 Å². The number of nitrogens with one attached hydrogen (secondary N) is 2. The molecule has 0 saturated heterocycles. The van der Waals surface area contributed by atoms with Crippen molar-refractivity contribution in [3.63, 3.8) is 0 Å². The zero-order valence-electron chi connectivity index (χ0n) is 14.9. The molecule has 0 radical (unpaired) electrons. The second kappa shape index (κ2) is 8.20. The van der Waals surface area contributed by atoms with Gasteiger partial charge in [-0.3, -0.25) is 9.78 Å². The lowest BCUT2D eigenvalue weighted by molar-refractivity contribution is 0.102. The average Bonchev–Trinajstić information content (AvgIpc) is 2.69. The molecule has 0 unspecified atom stereocenters. The summed E-state index contributed by atoms with van der Waals surface area (Å²) in [7, 11) is 0. The topological polar surface area (TPSA) is 79.8 Å². The van der Waals surface area contributed by atoms with Crippen LogP contribution in [0.3, 0.4) is 0 Å². The number of rotatable bonds is 6. The average molecular weight is 347 g/mol. The number of benzene rings is 1. The number of amides is 1. The Bertz CT molecular complexity index is 878. The summed E-state index contributed by atoms with van der Waals surface area (Å²) in [5.74, 6) is 0.343. The second-order valence-electron chi connectivity index (χ2n) is 5.92. The third-order valence-electron chi connectivity index (χ3n) is 4.06. The van der Waals surface area contributed by atoms with Crippen LogP contribution in [-0.4, -0.2) is 20.9 Å². The lowest BCUT2D eigenvalue weighted by Gasteiger charge is -2.12. The van der Waals surface area contributed by atoms with Crippen LogP contribution >= 0.6 is 0 Å². The molecular formula is C20H21N5O. The van der Waals surface area contributed by atoms with Gasteiger partial charge in [-0.15, -0.1) is 0 Å². The maximum absolute atomic E-state index is 12.5. The summed E-state index contributed by atoms with van der Waals surface area (Å²) in [4.78, 5) is 25.0. The number of hydrogen-bond acceptors (Lipinski definition) is 5. The van der Waals surface area contributed by atoms with E-state index in [9.17, 15) is 4.79 Å². The van der Waals surface area contributed by atoms with E-state index in [2.05, 4.69) is 32.5 Å². The van der Waals surface area contributed by atoms with Gasteiger partial charge in [0.2, 0.25) is 0 Å². The quantitative estimate of drug-likeness (QED) is 0.712. The van der Waals surface area contributed by atoms with Gasteiger partial charge in [0.25, 0.3) is 5.91 Å². The summed E-state index contributed by atoms with van der Waals surface area (Å²) in [5.41, 5.74) is 4.30. The van der Waals surface area contributed by atoms with Gasteiger partial charge in [0.15, 0.2) is 0 Å². The van der Waals surface area contributed by atoms with Crippen molar-refractivity contribution in [2.45, 2.75) is 26.8 Å². The van der Waals surface area contributed by atoms with Crippen molar-refractivity contribution in [1.82, 2.24) is 15.0 Å². The van der Waals surface area contributed by atoms with Crippen LogP contribution < -0.4 is 10.6 Å². The molecule has 0 saturated carbocycles. The predicted octanol–water partition coefficient (Wildman–Crippen LogP) is 3.61. The van der Waals surface area contributed by atoms with Gasteiger partial charge >= 0.3 is 0 Å². The minimum Gasteiger partial charge on any atom is -0.365 e. The number of anilines is 2. The van der Waals surface area contributed by atoms with Gasteiger partial charge < -0.3 is 10.6 Å². The van der Waals surface area contributed by atoms with Crippen molar-refractivity contribution in [2.24, 2.45) is 0 Å². The molecule has 0 aliphatic carbocycles. The first-order valence-electron chi connectivity index (χ1n) is 8.52. The molecule has 0 spiro atoms. The Morgan fingerprint density at radius 2 is 1.96 bits per heavy atom. The predicted molar refractivity (Wildman–Crippen MR) is 102 cm³/mol. The molecule has 1 amide bonds. The van der Waals surface area contributed by atoms with Gasteiger partial charge in [-0.05, 0) is 36.1 Å². The molecule has 2 heterocycles. The molecule has 26 heavy (non-hydrogen) atoms. The largest absolute Gasteiger partial charge is 0.365 e. The number of para-hydroxylation sites is 1. The smallest absolute Gasteiger partial charge is 0.275 e. The highest BCUT2D eigenvalue weighted by Gasteiger charge is 2.12. The molecule has 2 N–H and O–H groups in total. The summed E-state index contributed by atoms with van der Waals surface area (Å²) >= 11 is 0. The first-order valence-corrected chi connectivity index (χ1v) is 8.52. The standard InChI is InChI=1S/C20H21N5O/c1-3-16-8-4-6-14(2)19(16)25-20(26)17-12-24-18(13-22-17)23-11-15-7-5-9-21-10-15/h4-10,12-13H,3,11H2,1-2H3,(H,23,24)(H,25,26). The summed E-state index contributed by atoms with van der Waals surface area (Å²) in [6, 6.07) is 9.84. The van der Waals surface area contributed by atoms with Crippen molar-refractivity contribution in [2.75, 3.05) is 10.6 Å². The van der Waals surface area contributed by atoms with E-state index in [-0.39, 0.29) is 11.6 Å². The Balaban J connectivity index is 1.66. The maximum Gasteiger partial charge on any atom is 0.275 e. The van der Waals surface area contributed by atoms with E-state index in [0.717, 1.165) is 28.8 Å². The van der Waals surface area contributed by atoms with Crippen LogP contribution in [0.1, 0.15) is 34.1 Å². The van der Waals surface area contributed by atoms with Crippen molar-refractivity contribution >= 4 is 17.4 Å². The number of hydrogen-bond donors (Lipinski definition) is 2. The molecule has 0 fully saturated rings. The van der Waals surface area contributed by atoms with E-state index in [4.69, 9.17) is 0 Å². The molecule has 3 rings (SSSR count). The second-order valence-corrected chi connectivity index (χ2v) is 5.92. The molecule has 0 aliphatic rings. The van der Waals surface area contributed by atoms with Crippen LogP contribution in [0.15, 0.2) is 55.1 Å². The first kappa shape index (κ1) is 17.5.